The summed E-state index contributed by atoms with van der Waals surface area (Å²) in [4.78, 5) is 7.76. The zero-order valence-electron chi connectivity index (χ0n) is 7.24. The average molecular weight is 240 g/mol. The molecule has 0 aromatic carbocycles. The maximum atomic E-state index is 5.84. The topological polar surface area (TPSA) is 51.3 Å². The van der Waals surface area contributed by atoms with E-state index >= 15 is 0 Å². The summed E-state index contributed by atoms with van der Waals surface area (Å²) in [7, 11) is 1.70. The summed E-state index contributed by atoms with van der Waals surface area (Å²) in [5, 5.41) is 0. The summed E-state index contributed by atoms with van der Waals surface area (Å²) < 4.78 is 0.779. The molecule has 0 aliphatic carbocycles. The van der Waals surface area contributed by atoms with Crippen LogP contribution in [0.1, 0.15) is 5.56 Å². The number of allylic oxidation sites excluding steroid dienone is 1. The van der Waals surface area contributed by atoms with Crippen LogP contribution in [0.2, 0.25) is 0 Å². The summed E-state index contributed by atoms with van der Waals surface area (Å²) in [6, 6.07) is 3.69. The predicted octanol–water partition coefficient (Wildman–Crippen LogP) is 1.80. The number of nitrogens with two attached hydrogens (primary N) is 1. The Balaban J connectivity index is 3.03. The maximum Gasteiger partial charge on any atom is 0.0589 e. The van der Waals surface area contributed by atoms with Crippen LogP contribution >= 0.6 is 15.9 Å². The Kier molecular flexibility index (Phi) is 3.64. The summed E-state index contributed by atoms with van der Waals surface area (Å²) in [5.74, 6) is 0. The van der Waals surface area contributed by atoms with E-state index in [1.54, 1.807) is 25.7 Å². The molecular weight excluding hydrogens is 230 g/mol. The zero-order valence-corrected chi connectivity index (χ0v) is 8.82. The van der Waals surface area contributed by atoms with Gasteiger partial charge in [0.1, 0.15) is 0 Å². The molecule has 4 heteroatoms. The summed E-state index contributed by atoms with van der Waals surface area (Å²) in [5.41, 5.74) is 7.43. The van der Waals surface area contributed by atoms with Gasteiger partial charge in [0.25, 0.3) is 0 Å². The maximum absolute atomic E-state index is 5.84. The number of aromatic nitrogens is 1. The van der Waals surface area contributed by atoms with Gasteiger partial charge in [-0.05, 0) is 28.1 Å². The van der Waals surface area contributed by atoms with Crippen LogP contribution in [0, 0.1) is 0 Å². The highest BCUT2D eigenvalue weighted by Crippen LogP contribution is 2.15. The fraction of sp³-hybridized carbons (Fsp3) is 0.111. The highest BCUT2D eigenvalue weighted by Gasteiger charge is 1.99. The molecule has 0 saturated carbocycles. The van der Waals surface area contributed by atoms with Crippen LogP contribution in [-0.2, 0) is 0 Å². The number of aliphatic imine (C=N–C) groups is 1. The van der Waals surface area contributed by atoms with E-state index in [2.05, 4.69) is 25.9 Å². The van der Waals surface area contributed by atoms with Gasteiger partial charge in [0.2, 0.25) is 0 Å². The van der Waals surface area contributed by atoms with Gasteiger partial charge in [-0.15, -0.1) is 0 Å². The lowest BCUT2D eigenvalue weighted by Gasteiger charge is -2.01. The van der Waals surface area contributed by atoms with Gasteiger partial charge in [-0.2, -0.15) is 0 Å². The number of hydrogen-bond donors (Lipinski definition) is 1. The Morgan fingerprint density at radius 3 is 2.69 bits per heavy atom. The first kappa shape index (κ1) is 9.92. The molecule has 0 spiro atoms. The molecule has 0 saturated heterocycles. The van der Waals surface area contributed by atoms with Gasteiger partial charge in [0.05, 0.1) is 10.2 Å². The van der Waals surface area contributed by atoms with E-state index in [4.69, 9.17) is 5.73 Å². The fourth-order valence-corrected chi connectivity index (χ4v) is 1.29. The molecule has 2 N–H and O–H groups in total. The molecule has 68 valence electrons. The molecule has 1 aromatic rings. The Labute approximate surface area is 85.5 Å². The van der Waals surface area contributed by atoms with Crippen molar-refractivity contribution in [1.82, 2.24) is 4.98 Å². The molecule has 0 aliphatic rings. The van der Waals surface area contributed by atoms with E-state index in [1.165, 1.54) is 0 Å². The largest absolute Gasteiger partial charge is 0.397 e. The summed E-state index contributed by atoms with van der Waals surface area (Å²) in [6.45, 7) is 0. The predicted molar refractivity (Wildman–Crippen MR) is 58.7 cm³/mol. The monoisotopic (exact) mass is 239 g/mol. The van der Waals surface area contributed by atoms with Crippen molar-refractivity contribution in [2.75, 3.05) is 7.05 Å². The zero-order chi connectivity index (χ0) is 9.68. The van der Waals surface area contributed by atoms with Gasteiger partial charge in [-0.25, -0.2) is 0 Å². The van der Waals surface area contributed by atoms with Gasteiger partial charge in [-0.1, -0.05) is 0 Å². The van der Waals surface area contributed by atoms with Gasteiger partial charge in [0.15, 0.2) is 0 Å². The molecular formula is C9H10BrN3. The third-order valence-corrected chi connectivity index (χ3v) is 2.12. The minimum Gasteiger partial charge on any atom is -0.397 e. The quantitative estimate of drug-likeness (QED) is 0.801. The van der Waals surface area contributed by atoms with E-state index in [-0.39, 0.29) is 0 Å². The Bertz CT molecular complexity index is 330. The lowest BCUT2D eigenvalue weighted by atomic mass is 10.2. The van der Waals surface area contributed by atoms with Crippen molar-refractivity contribution in [3.8, 4) is 0 Å². The normalized spacial score (nSPS) is 13.1. The molecule has 1 heterocycles. The minimum atomic E-state index is 0.660. The van der Waals surface area contributed by atoms with Crippen molar-refractivity contribution in [2.24, 2.45) is 10.7 Å². The molecule has 1 aromatic heterocycles. The SMILES string of the molecule is CN=CC(Br)=C(N)c1ccncc1. The molecule has 0 radical (unpaired) electrons. The molecule has 0 bridgehead atoms. The Hall–Kier alpha value is -1.16. The first-order valence-corrected chi connectivity index (χ1v) is 4.53. The molecule has 13 heavy (non-hydrogen) atoms. The number of halogens is 1. The van der Waals surface area contributed by atoms with Gasteiger partial charge >= 0.3 is 0 Å². The lowest BCUT2D eigenvalue weighted by molar-refractivity contribution is 1.31. The number of nitrogens with zero attached hydrogens (tertiary/aromatic N) is 2. The molecule has 0 amide bonds. The molecule has 0 atom stereocenters. The standard InChI is InChI=1S/C9H10BrN3/c1-12-6-8(10)9(11)7-2-4-13-5-3-7/h2-6H,11H2,1H3. The molecule has 3 nitrogen and oxygen atoms in total. The van der Waals surface area contributed by atoms with Crippen LogP contribution in [-0.4, -0.2) is 18.2 Å². The van der Waals surface area contributed by atoms with E-state index < -0.39 is 0 Å². The number of rotatable bonds is 2. The van der Waals surface area contributed by atoms with Crippen LogP contribution in [0.25, 0.3) is 5.70 Å². The Morgan fingerprint density at radius 1 is 1.54 bits per heavy atom. The summed E-state index contributed by atoms with van der Waals surface area (Å²) in [6.07, 6.45) is 5.06. The molecule has 0 aliphatic heterocycles. The summed E-state index contributed by atoms with van der Waals surface area (Å²) >= 11 is 3.33. The second-order valence-corrected chi connectivity index (χ2v) is 3.24. The van der Waals surface area contributed by atoms with Gasteiger partial charge < -0.3 is 5.73 Å². The van der Waals surface area contributed by atoms with Crippen LogP contribution in [0.15, 0.2) is 34.0 Å². The van der Waals surface area contributed by atoms with Crippen LogP contribution < -0.4 is 5.73 Å². The highest BCUT2D eigenvalue weighted by atomic mass is 79.9. The van der Waals surface area contributed by atoms with E-state index in [0.29, 0.717) is 5.70 Å². The second kappa shape index (κ2) is 4.77. The van der Waals surface area contributed by atoms with Crippen molar-refractivity contribution >= 4 is 27.8 Å². The van der Waals surface area contributed by atoms with Crippen molar-refractivity contribution in [3.63, 3.8) is 0 Å². The van der Waals surface area contributed by atoms with Gasteiger partial charge in [-0.3, -0.25) is 9.98 Å². The lowest BCUT2D eigenvalue weighted by Crippen LogP contribution is -1.99. The van der Waals surface area contributed by atoms with Crippen molar-refractivity contribution in [1.29, 1.82) is 0 Å². The number of pyridine rings is 1. The van der Waals surface area contributed by atoms with Crippen LogP contribution in [0.5, 0.6) is 0 Å². The Morgan fingerprint density at radius 2 is 2.15 bits per heavy atom. The van der Waals surface area contributed by atoms with E-state index in [9.17, 15) is 0 Å². The van der Waals surface area contributed by atoms with Crippen LogP contribution in [0.3, 0.4) is 0 Å². The first-order valence-electron chi connectivity index (χ1n) is 3.73. The molecule has 0 unspecified atom stereocenters. The number of hydrogen-bond acceptors (Lipinski definition) is 3. The second-order valence-electron chi connectivity index (χ2n) is 2.38. The van der Waals surface area contributed by atoms with Crippen molar-refractivity contribution in [3.05, 3.63) is 34.6 Å². The minimum absolute atomic E-state index is 0.660. The van der Waals surface area contributed by atoms with E-state index in [0.717, 1.165) is 10.0 Å². The average Bonchev–Trinajstić information content (AvgIpc) is 2.18. The first-order chi connectivity index (χ1) is 6.25. The highest BCUT2D eigenvalue weighted by molar-refractivity contribution is 9.12. The smallest absolute Gasteiger partial charge is 0.0589 e. The third-order valence-electron chi connectivity index (χ3n) is 1.49. The molecule has 1 rings (SSSR count). The fourth-order valence-electron chi connectivity index (χ4n) is 0.852. The van der Waals surface area contributed by atoms with Crippen molar-refractivity contribution in [2.45, 2.75) is 0 Å². The molecule has 0 fully saturated rings. The van der Waals surface area contributed by atoms with E-state index in [1.807, 2.05) is 12.1 Å². The van der Waals surface area contributed by atoms with Gasteiger partial charge in [0, 0.05) is 31.2 Å². The third kappa shape index (κ3) is 2.66. The van der Waals surface area contributed by atoms with Crippen molar-refractivity contribution < 1.29 is 0 Å². The van der Waals surface area contributed by atoms with Crippen LogP contribution in [0.4, 0.5) is 0 Å².